The van der Waals surface area contributed by atoms with Gasteiger partial charge >= 0.3 is 5.97 Å². The van der Waals surface area contributed by atoms with E-state index in [1.165, 1.54) is 4.90 Å². The second-order valence-corrected chi connectivity index (χ2v) is 8.27. The van der Waals surface area contributed by atoms with Gasteiger partial charge in [-0.15, -0.1) is 0 Å². The summed E-state index contributed by atoms with van der Waals surface area (Å²) in [7, 11) is 0. The topological polar surface area (TPSA) is 116 Å². The lowest BCUT2D eigenvalue weighted by Crippen LogP contribution is -2.55. The molecule has 2 N–H and O–H groups in total. The van der Waals surface area contributed by atoms with E-state index in [2.05, 4.69) is 5.32 Å². The molecule has 0 spiro atoms. The smallest absolute Gasteiger partial charge is 0.317 e. The highest BCUT2D eigenvalue weighted by atomic mass is 16.5. The normalized spacial score (nSPS) is 36.0. The van der Waals surface area contributed by atoms with Crippen molar-refractivity contribution >= 4 is 23.7 Å². The van der Waals surface area contributed by atoms with Gasteiger partial charge in [0.2, 0.25) is 17.7 Å². The van der Waals surface area contributed by atoms with Crippen LogP contribution in [-0.4, -0.2) is 82.5 Å². The maximum absolute atomic E-state index is 12.6. The Labute approximate surface area is 163 Å². The number of carboxylic acid groups (broad SMARTS) is 1. The predicted octanol–water partition coefficient (Wildman–Crippen LogP) is -0.407. The molecule has 4 fully saturated rings. The molecule has 0 aromatic heterocycles. The molecule has 0 radical (unpaired) electrons. The minimum absolute atomic E-state index is 0.00898. The molecule has 0 aromatic rings. The molecule has 28 heavy (non-hydrogen) atoms. The minimum Gasteiger partial charge on any atom is -0.480 e. The Kier molecular flexibility index (Phi) is 5.13. The molecule has 9 heteroatoms. The Bertz CT molecular complexity index is 663. The molecule has 4 rings (SSSR count). The van der Waals surface area contributed by atoms with Gasteiger partial charge in [-0.3, -0.25) is 29.0 Å². The molecule has 4 unspecified atom stereocenters. The average molecular weight is 393 g/mol. The Hall–Kier alpha value is -2.00. The molecule has 154 valence electrons. The van der Waals surface area contributed by atoms with Crippen LogP contribution in [0.4, 0.5) is 0 Å². The Morgan fingerprint density at radius 3 is 2.32 bits per heavy atom. The summed E-state index contributed by atoms with van der Waals surface area (Å²) in [6.45, 7) is 2.71. The largest absolute Gasteiger partial charge is 0.480 e. The van der Waals surface area contributed by atoms with Crippen LogP contribution < -0.4 is 5.32 Å². The van der Waals surface area contributed by atoms with Gasteiger partial charge in [-0.2, -0.15) is 0 Å². The third-order valence-corrected chi connectivity index (χ3v) is 6.68. The molecule has 1 aliphatic carbocycles. The standard InChI is InChI=1S/C19H27N3O6/c1-2-21(9-15(24)25)11-7-10(8-11)20-14(23)5-6-22-18(26)16-12-3-4-13(28-12)17(16)19(22)27/h10-13,16-17H,2-9H2,1H3,(H,20,23)(H,24,25). The first-order valence-corrected chi connectivity index (χ1v) is 10.1. The van der Waals surface area contributed by atoms with Gasteiger partial charge in [0, 0.05) is 25.0 Å². The zero-order valence-electron chi connectivity index (χ0n) is 16.0. The second-order valence-electron chi connectivity index (χ2n) is 8.27. The number of rotatable bonds is 8. The number of likely N-dealkylation sites (N-methyl/N-ethyl adjacent to an activating group) is 1. The van der Waals surface area contributed by atoms with E-state index in [0.29, 0.717) is 6.54 Å². The zero-order chi connectivity index (χ0) is 20.0. The fourth-order valence-corrected chi connectivity index (χ4v) is 5.18. The lowest BCUT2D eigenvalue weighted by molar-refractivity contribution is -0.143. The first-order chi connectivity index (χ1) is 13.4. The molecule has 9 nitrogen and oxygen atoms in total. The van der Waals surface area contributed by atoms with Crippen molar-refractivity contribution in [2.45, 2.75) is 63.3 Å². The van der Waals surface area contributed by atoms with E-state index in [-0.39, 0.29) is 73.4 Å². The van der Waals surface area contributed by atoms with Gasteiger partial charge in [0.25, 0.3) is 0 Å². The van der Waals surface area contributed by atoms with E-state index < -0.39 is 5.97 Å². The lowest BCUT2D eigenvalue weighted by atomic mass is 9.81. The van der Waals surface area contributed by atoms with E-state index in [4.69, 9.17) is 9.84 Å². The molecule has 4 aliphatic rings. The Balaban J connectivity index is 1.21. The summed E-state index contributed by atoms with van der Waals surface area (Å²) < 4.78 is 5.70. The highest BCUT2D eigenvalue weighted by Crippen LogP contribution is 2.48. The highest BCUT2D eigenvalue weighted by molar-refractivity contribution is 6.06. The summed E-state index contributed by atoms with van der Waals surface area (Å²) in [4.78, 5) is 51.4. The number of nitrogens with zero attached hydrogens (tertiary/aromatic N) is 2. The summed E-state index contributed by atoms with van der Waals surface area (Å²) in [6, 6.07) is 0.192. The first kappa shape index (κ1) is 19.3. The highest BCUT2D eigenvalue weighted by Gasteiger charge is 2.62. The van der Waals surface area contributed by atoms with E-state index in [9.17, 15) is 19.2 Å². The van der Waals surface area contributed by atoms with Gasteiger partial charge in [-0.1, -0.05) is 6.92 Å². The third-order valence-electron chi connectivity index (χ3n) is 6.68. The van der Waals surface area contributed by atoms with Gasteiger partial charge in [0.1, 0.15) is 0 Å². The number of imide groups is 1. The lowest BCUT2D eigenvalue weighted by Gasteiger charge is -2.42. The summed E-state index contributed by atoms with van der Waals surface area (Å²) in [5.74, 6) is -2.11. The molecule has 3 heterocycles. The van der Waals surface area contributed by atoms with Crippen molar-refractivity contribution in [3.05, 3.63) is 0 Å². The van der Waals surface area contributed by atoms with E-state index in [1.54, 1.807) is 0 Å². The number of amides is 3. The number of carbonyl (C=O) groups excluding carboxylic acids is 3. The fourth-order valence-electron chi connectivity index (χ4n) is 5.18. The number of carbonyl (C=O) groups is 4. The molecule has 3 aliphatic heterocycles. The van der Waals surface area contributed by atoms with Crippen LogP contribution in [0.5, 0.6) is 0 Å². The van der Waals surface area contributed by atoms with Crippen LogP contribution in [0, 0.1) is 11.8 Å². The van der Waals surface area contributed by atoms with E-state index >= 15 is 0 Å². The van der Waals surface area contributed by atoms with Crippen LogP contribution >= 0.6 is 0 Å². The number of hydrogen-bond donors (Lipinski definition) is 2. The summed E-state index contributed by atoms with van der Waals surface area (Å²) >= 11 is 0. The monoisotopic (exact) mass is 393 g/mol. The summed E-state index contributed by atoms with van der Waals surface area (Å²) in [5.41, 5.74) is 0. The van der Waals surface area contributed by atoms with Crippen LogP contribution in [0.1, 0.15) is 39.0 Å². The quantitative estimate of drug-likeness (QED) is 0.539. The molecule has 2 bridgehead atoms. The molecule has 1 saturated carbocycles. The van der Waals surface area contributed by atoms with Crippen molar-refractivity contribution in [3.8, 4) is 0 Å². The molecular formula is C19H27N3O6. The van der Waals surface area contributed by atoms with Crippen LogP contribution in [0.2, 0.25) is 0 Å². The maximum atomic E-state index is 12.6. The third kappa shape index (κ3) is 3.30. The molecule has 3 amide bonds. The van der Waals surface area contributed by atoms with Crippen molar-refractivity contribution in [1.82, 2.24) is 15.1 Å². The van der Waals surface area contributed by atoms with Gasteiger partial charge in [0.05, 0.1) is 30.6 Å². The number of aliphatic carboxylic acids is 1. The van der Waals surface area contributed by atoms with Crippen molar-refractivity contribution in [1.29, 1.82) is 0 Å². The van der Waals surface area contributed by atoms with Crippen LogP contribution in [0.15, 0.2) is 0 Å². The van der Waals surface area contributed by atoms with E-state index in [1.807, 2.05) is 11.8 Å². The number of likely N-dealkylation sites (tertiary alicyclic amines) is 1. The number of hydrogen-bond acceptors (Lipinski definition) is 6. The van der Waals surface area contributed by atoms with Gasteiger partial charge < -0.3 is 15.2 Å². The van der Waals surface area contributed by atoms with E-state index in [0.717, 1.165) is 25.7 Å². The SMILES string of the molecule is CCN(CC(=O)O)C1CC(NC(=O)CCN2C(=O)C3C4CCC(O4)C3C2=O)C1. The average Bonchev–Trinajstić information content (AvgIpc) is 3.29. The van der Waals surface area contributed by atoms with Crippen LogP contribution in [0.25, 0.3) is 0 Å². The molecule has 0 aromatic carbocycles. The number of carboxylic acids is 1. The summed E-state index contributed by atoms with van der Waals surface area (Å²) in [5, 5.41) is 11.9. The Morgan fingerprint density at radius 2 is 1.79 bits per heavy atom. The molecule has 3 saturated heterocycles. The minimum atomic E-state index is -0.849. The van der Waals surface area contributed by atoms with Crippen molar-refractivity contribution in [2.24, 2.45) is 11.8 Å². The van der Waals surface area contributed by atoms with Gasteiger partial charge in [0.15, 0.2) is 0 Å². The van der Waals surface area contributed by atoms with Crippen molar-refractivity contribution in [2.75, 3.05) is 19.6 Å². The zero-order valence-corrected chi connectivity index (χ0v) is 16.0. The van der Waals surface area contributed by atoms with Gasteiger partial charge in [-0.25, -0.2) is 0 Å². The van der Waals surface area contributed by atoms with Crippen LogP contribution in [-0.2, 0) is 23.9 Å². The number of ether oxygens (including phenoxy) is 1. The van der Waals surface area contributed by atoms with Crippen LogP contribution in [0.3, 0.4) is 0 Å². The fraction of sp³-hybridized carbons (Fsp3) is 0.789. The summed E-state index contributed by atoms with van der Waals surface area (Å²) in [6.07, 6.45) is 2.94. The predicted molar refractivity (Wildman–Crippen MR) is 96.0 cm³/mol. The first-order valence-electron chi connectivity index (χ1n) is 10.1. The van der Waals surface area contributed by atoms with Crippen molar-refractivity contribution in [3.63, 3.8) is 0 Å². The maximum Gasteiger partial charge on any atom is 0.317 e. The van der Waals surface area contributed by atoms with Gasteiger partial charge in [-0.05, 0) is 32.2 Å². The molecule has 4 atom stereocenters. The molecular weight excluding hydrogens is 366 g/mol. The Morgan fingerprint density at radius 1 is 1.18 bits per heavy atom. The number of nitrogens with one attached hydrogen (secondary N) is 1. The van der Waals surface area contributed by atoms with Crippen molar-refractivity contribution < 1.29 is 29.0 Å². The second kappa shape index (κ2) is 7.44. The number of fused-ring (bicyclic) bond motifs is 5.